The standard InChI is InChI=1S/C46H50ClN9O5/c1-45(2)43(46(3,4)44(45)61-34-11-7-30(25-48)36(47)24-34)55-39(57)14-13-38(42(55)60)56-41(59)35-23-33(10-12-37(35)51-52-56)54-21-17-29(18-22-54)27-53-19-15-28(16-20-53)5-8-32-9-6-31(26-50-32)40(49)58/h6-7,9-12,23-24,26,28-29,38,43-44H,13-22,27H2,1-4H3,(H2,49,58). The lowest BCUT2D eigenvalue weighted by Crippen LogP contribution is -2.77. The van der Waals surface area contributed by atoms with E-state index >= 15 is 0 Å². The number of nitriles is 1. The van der Waals surface area contributed by atoms with Crippen LogP contribution in [0.15, 0.2) is 59.5 Å². The normalized spacial score (nSPS) is 23.2. The molecule has 3 amide bonds. The van der Waals surface area contributed by atoms with Gasteiger partial charge < -0.3 is 20.3 Å². The molecule has 2 N–H and O–H groups in total. The van der Waals surface area contributed by atoms with Crippen molar-refractivity contribution in [2.75, 3.05) is 37.6 Å². The van der Waals surface area contributed by atoms with Crippen molar-refractivity contribution in [3.63, 3.8) is 0 Å². The van der Waals surface area contributed by atoms with E-state index in [-0.39, 0.29) is 23.8 Å². The van der Waals surface area contributed by atoms with E-state index in [4.69, 9.17) is 22.1 Å². The number of fused-ring (bicyclic) bond motifs is 1. The van der Waals surface area contributed by atoms with Crippen molar-refractivity contribution >= 4 is 45.9 Å². The van der Waals surface area contributed by atoms with E-state index in [0.717, 1.165) is 64.1 Å². The van der Waals surface area contributed by atoms with E-state index in [1.54, 1.807) is 30.3 Å². The summed E-state index contributed by atoms with van der Waals surface area (Å²) in [4.78, 5) is 63.9. The van der Waals surface area contributed by atoms with Gasteiger partial charge in [-0.3, -0.25) is 24.1 Å². The average molecular weight is 844 g/mol. The highest BCUT2D eigenvalue weighted by atomic mass is 35.5. The lowest BCUT2D eigenvalue weighted by Gasteiger charge is -2.65. The van der Waals surface area contributed by atoms with Gasteiger partial charge in [-0.05, 0) is 99.5 Å². The maximum absolute atomic E-state index is 14.4. The Kier molecular flexibility index (Phi) is 11.4. The number of pyridine rings is 1. The molecule has 0 spiro atoms. The number of ether oxygens (including phenoxy) is 1. The first-order valence-electron chi connectivity index (χ1n) is 21.0. The summed E-state index contributed by atoms with van der Waals surface area (Å²) in [5.41, 5.74) is 6.31. The summed E-state index contributed by atoms with van der Waals surface area (Å²) in [5.74, 6) is 6.63. The second-order valence-electron chi connectivity index (χ2n) is 18.1. The lowest BCUT2D eigenvalue weighted by molar-refractivity contribution is -0.216. The van der Waals surface area contributed by atoms with Crippen molar-refractivity contribution in [1.82, 2.24) is 29.8 Å². The van der Waals surface area contributed by atoms with E-state index < -0.39 is 46.4 Å². The van der Waals surface area contributed by atoms with Gasteiger partial charge in [0.2, 0.25) is 11.8 Å². The van der Waals surface area contributed by atoms with Crippen LogP contribution in [0.3, 0.4) is 0 Å². The van der Waals surface area contributed by atoms with Gasteiger partial charge in [0.1, 0.15) is 35.2 Å². The molecule has 14 nitrogen and oxygen atoms in total. The molecule has 1 atom stereocenters. The van der Waals surface area contributed by atoms with Crippen molar-refractivity contribution < 1.29 is 19.1 Å². The van der Waals surface area contributed by atoms with Crippen LogP contribution in [0.1, 0.15) is 93.9 Å². The summed E-state index contributed by atoms with van der Waals surface area (Å²) < 4.78 is 7.59. The zero-order valence-corrected chi connectivity index (χ0v) is 35.7. The van der Waals surface area contributed by atoms with Crippen LogP contribution in [0.25, 0.3) is 10.9 Å². The first-order chi connectivity index (χ1) is 29.1. The zero-order valence-electron chi connectivity index (χ0n) is 34.9. The molecule has 2 aromatic heterocycles. The quantitative estimate of drug-likeness (QED) is 0.178. The highest BCUT2D eigenvalue weighted by Crippen LogP contribution is 2.59. The van der Waals surface area contributed by atoms with Gasteiger partial charge in [-0.2, -0.15) is 9.94 Å². The van der Waals surface area contributed by atoms with E-state index in [0.29, 0.717) is 45.3 Å². The molecule has 4 fully saturated rings. The number of benzene rings is 2. The van der Waals surface area contributed by atoms with Gasteiger partial charge in [0.05, 0.1) is 27.6 Å². The Morgan fingerprint density at radius 2 is 1.69 bits per heavy atom. The molecule has 3 aliphatic heterocycles. The van der Waals surface area contributed by atoms with Crippen LogP contribution in [0.2, 0.25) is 5.02 Å². The molecule has 1 aliphatic carbocycles. The number of nitrogens with zero attached hydrogens (tertiary/aromatic N) is 8. The smallest absolute Gasteiger partial charge is 0.278 e. The molecule has 3 saturated heterocycles. The van der Waals surface area contributed by atoms with Gasteiger partial charge in [0.15, 0.2) is 0 Å². The van der Waals surface area contributed by atoms with Crippen LogP contribution in [-0.4, -0.2) is 92.4 Å². The Hall–Kier alpha value is -5.83. The topological polar surface area (TPSA) is 181 Å². The number of rotatable bonds is 8. The first kappa shape index (κ1) is 41.9. The van der Waals surface area contributed by atoms with Crippen molar-refractivity contribution in [1.29, 1.82) is 5.26 Å². The minimum absolute atomic E-state index is 0.0798. The maximum Gasteiger partial charge on any atom is 0.278 e. The molecular formula is C46H50ClN9O5. The Bertz CT molecular complexity index is 2520. The third kappa shape index (κ3) is 8.07. The van der Waals surface area contributed by atoms with Crippen molar-refractivity contribution in [3.8, 4) is 23.7 Å². The van der Waals surface area contributed by atoms with Crippen LogP contribution in [0.5, 0.6) is 5.75 Å². The fourth-order valence-corrected chi connectivity index (χ4v) is 10.6. The van der Waals surface area contributed by atoms with E-state index in [9.17, 15) is 24.4 Å². The molecule has 1 saturated carbocycles. The highest BCUT2D eigenvalue weighted by Gasteiger charge is 2.68. The number of aromatic nitrogens is 4. The molecule has 316 valence electrons. The molecule has 4 aliphatic rings. The van der Waals surface area contributed by atoms with E-state index in [1.807, 2.05) is 45.9 Å². The summed E-state index contributed by atoms with van der Waals surface area (Å²) in [6.07, 6.45) is 5.38. The number of carbonyl (C=O) groups is 3. The van der Waals surface area contributed by atoms with E-state index in [1.165, 1.54) is 15.8 Å². The number of anilines is 1. The maximum atomic E-state index is 14.4. The first-order valence-corrected chi connectivity index (χ1v) is 21.4. The van der Waals surface area contributed by atoms with Gasteiger partial charge in [0, 0.05) is 60.8 Å². The minimum Gasteiger partial charge on any atom is -0.489 e. The van der Waals surface area contributed by atoms with Crippen LogP contribution in [0, 0.1) is 45.8 Å². The lowest BCUT2D eigenvalue weighted by atomic mass is 9.48. The second kappa shape index (κ2) is 16.6. The van der Waals surface area contributed by atoms with Gasteiger partial charge in [-0.25, -0.2) is 4.98 Å². The molecule has 61 heavy (non-hydrogen) atoms. The van der Waals surface area contributed by atoms with Crippen molar-refractivity contribution in [2.45, 2.75) is 84.4 Å². The molecule has 5 heterocycles. The number of piperidine rings is 3. The van der Waals surface area contributed by atoms with Gasteiger partial charge >= 0.3 is 0 Å². The molecule has 15 heteroatoms. The van der Waals surface area contributed by atoms with Crippen LogP contribution in [0.4, 0.5) is 5.69 Å². The Morgan fingerprint density at radius 1 is 0.951 bits per heavy atom. The van der Waals surface area contributed by atoms with Crippen molar-refractivity contribution in [3.05, 3.63) is 86.9 Å². The molecule has 2 aromatic carbocycles. The Labute approximate surface area is 360 Å². The summed E-state index contributed by atoms with van der Waals surface area (Å²) in [5, 5.41) is 18.6. The summed E-state index contributed by atoms with van der Waals surface area (Å²) in [7, 11) is 0. The number of halogens is 1. The molecule has 1 unspecified atom stereocenters. The van der Waals surface area contributed by atoms with Crippen LogP contribution >= 0.6 is 11.6 Å². The number of likely N-dealkylation sites (tertiary alicyclic amines) is 2. The van der Waals surface area contributed by atoms with Gasteiger partial charge in [-0.15, -0.1) is 5.10 Å². The largest absolute Gasteiger partial charge is 0.489 e. The minimum atomic E-state index is -0.985. The predicted molar refractivity (Wildman–Crippen MR) is 230 cm³/mol. The Balaban J connectivity index is 0.895. The zero-order chi connectivity index (χ0) is 43.2. The van der Waals surface area contributed by atoms with Crippen LogP contribution in [-0.2, 0) is 9.59 Å². The Morgan fingerprint density at radius 3 is 2.34 bits per heavy atom. The number of imide groups is 1. The number of nitrogens with two attached hydrogens (primary N) is 1. The van der Waals surface area contributed by atoms with Gasteiger partial charge in [-0.1, -0.05) is 50.4 Å². The molecule has 8 rings (SSSR count). The number of amides is 3. The number of carbonyl (C=O) groups excluding carboxylic acids is 3. The number of primary amides is 1. The molecule has 0 radical (unpaired) electrons. The second-order valence-corrected chi connectivity index (χ2v) is 18.5. The molecular weight excluding hydrogens is 794 g/mol. The van der Waals surface area contributed by atoms with E-state index in [2.05, 4.69) is 43.0 Å². The monoisotopic (exact) mass is 843 g/mol. The summed E-state index contributed by atoms with van der Waals surface area (Å²) in [6, 6.07) is 14.5. The fraction of sp³-hybridized carbons (Fsp3) is 0.478. The SMILES string of the molecule is CC1(C)C(Oc2ccc(C#N)c(Cl)c2)C(C)(C)C1N1C(=O)CCC(n2nnc3ccc(N4CCC(CN5CCC(C#Cc6ccc(C(N)=O)cn6)CC5)CC4)cc3c2=O)C1=O. The van der Waals surface area contributed by atoms with Crippen molar-refractivity contribution in [2.24, 2.45) is 28.4 Å². The summed E-state index contributed by atoms with van der Waals surface area (Å²) >= 11 is 6.29. The van der Waals surface area contributed by atoms with Crippen LogP contribution < -0.4 is 20.9 Å². The third-order valence-corrected chi connectivity index (χ3v) is 13.6. The molecule has 4 aromatic rings. The molecule has 0 bridgehead atoms. The third-order valence-electron chi connectivity index (χ3n) is 13.3. The predicted octanol–water partition coefficient (Wildman–Crippen LogP) is 5.36. The van der Waals surface area contributed by atoms with Gasteiger partial charge in [0.25, 0.3) is 11.5 Å². The summed E-state index contributed by atoms with van der Waals surface area (Å²) in [6.45, 7) is 12.6. The highest BCUT2D eigenvalue weighted by molar-refractivity contribution is 6.31. The average Bonchev–Trinajstić information content (AvgIpc) is 3.24. The number of hydrogen-bond donors (Lipinski definition) is 1. The number of hydrogen-bond acceptors (Lipinski definition) is 11. The fourth-order valence-electron chi connectivity index (χ4n) is 10.4.